The maximum Gasteiger partial charge on any atom is 0.508 e. The van der Waals surface area contributed by atoms with Crippen molar-refractivity contribution in [2.24, 2.45) is 0 Å². The Bertz CT molecular complexity index is 117. The molecule has 2 saturated heterocycles. The molecule has 0 aliphatic carbocycles. The van der Waals surface area contributed by atoms with Gasteiger partial charge in [0.25, 0.3) is 0 Å². The van der Waals surface area contributed by atoms with Crippen molar-refractivity contribution in [3.8, 4) is 0 Å². The van der Waals surface area contributed by atoms with Crippen molar-refractivity contribution in [1.29, 1.82) is 0 Å². The summed E-state index contributed by atoms with van der Waals surface area (Å²) in [5.74, 6) is 0. The zero-order valence-corrected chi connectivity index (χ0v) is 6.97. The summed E-state index contributed by atoms with van der Waals surface area (Å²) in [6.07, 6.45) is -0.546. The predicted molar refractivity (Wildman–Crippen MR) is 43.0 cm³/mol. The van der Waals surface area contributed by atoms with Gasteiger partial charge in [-0.3, -0.25) is 0 Å². The lowest BCUT2D eigenvalue weighted by Crippen LogP contribution is -2.39. The fraction of sp³-hybridized carbons (Fsp3) is 0.857. The minimum atomic E-state index is -0.546. The molecule has 12 heavy (non-hydrogen) atoms. The molecule has 5 heteroatoms. The number of ether oxygens (including phenoxy) is 2. The van der Waals surface area contributed by atoms with Crippen LogP contribution in [0, 0.1) is 0 Å². The van der Waals surface area contributed by atoms with Crippen molar-refractivity contribution in [1.82, 2.24) is 10.6 Å². The van der Waals surface area contributed by atoms with E-state index in [0.29, 0.717) is 13.2 Å². The van der Waals surface area contributed by atoms with Gasteiger partial charge in [0.2, 0.25) is 0 Å². The van der Waals surface area contributed by atoms with Gasteiger partial charge in [-0.1, -0.05) is 0 Å². The molecule has 0 atom stereocenters. The Morgan fingerprint density at radius 1 is 0.917 bits per heavy atom. The van der Waals surface area contributed by atoms with E-state index in [0.717, 1.165) is 26.2 Å². The Hall–Kier alpha value is -0.810. The van der Waals surface area contributed by atoms with Crippen LogP contribution >= 0.6 is 0 Å². The number of hydrogen-bond donors (Lipinski definition) is 2. The molecule has 0 spiro atoms. The third-order valence-corrected chi connectivity index (χ3v) is 1.48. The zero-order chi connectivity index (χ0) is 8.65. The van der Waals surface area contributed by atoms with E-state index in [1.165, 1.54) is 0 Å². The molecule has 5 nitrogen and oxygen atoms in total. The first kappa shape index (κ1) is 9.28. The van der Waals surface area contributed by atoms with Crippen LogP contribution in [0.15, 0.2) is 0 Å². The van der Waals surface area contributed by atoms with E-state index in [1.807, 2.05) is 0 Å². The Labute approximate surface area is 71.4 Å². The molecule has 0 amide bonds. The summed E-state index contributed by atoms with van der Waals surface area (Å²) >= 11 is 0. The second-order valence-electron chi connectivity index (χ2n) is 2.45. The lowest BCUT2D eigenvalue weighted by Gasteiger charge is -2.11. The normalized spacial score (nSPS) is 21.8. The second-order valence-corrected chi connectivity index (χ2v) is 2.45. The van der Waals surface area contributed by atoms with E-state index in [4.69, 9.17) is 0 Å². The number of hydrogen-bond acceptors (Lipinski definition) is 5. The van der Waals surface area contributed by atoms with Gasteiger partial charge in [-0.15, -0.1) is 0 Å². The smallest absolute Gasteiger partial charge is 0.431 e. The van der Waals surface area contributed by atoms with Gasteiger partial charge in [-0.05, 0) is 0 Å². The molecule has 2 aliphatic rings. The number of rotatable bonds is 0. The average molecular weight is 174 g/mol. The van der Waals surface area contributed by atoms with Crippen LogP contribution in [0.2, 0.25) is 0 Å². The van der Waals surface area contributed by atoms with E-state index in [2.05, 4.69) is 20.1 Å². The summed E-state index contributed by atoms with van der Waals surface area (Å²) in [5, 5.41) is 6.44. The molecule has 0 unspecified atom stereocenters. The van der Waals surface area contributed by atoms with Gasteiger partial charge >= 0.3 is 6.16 Å². The molecular formula is C7H14N2O3. The van der Waals surface area contributed by atoms with E-state index in [-0.39, 0.29) is 0 Å². The number of cyclic esters (lactones) is 2. The molecular weight excluding hydrogens is 160 g/mol. The summed E-state index contributed by atoms with van der Waals surface area (Å²) in [7, 11) is 0. The Morgan fingerprint density at radius 2 is 1.33 bits per heavy atom. The van der Waals surface area contributed by atoms with Crippen LogP contribution in [0.1, 0.15) is 0 Å². The molecule has 2 heterocycles. The summed E-state index contributed by atoms with van der Waals surface area (Å²) in [4.78, 5) is 9.80. The maximum absolute atomic E-state index is 9.80. The Balaban J connectivity index is 0.000000120. The zero-order valence-electron chi connectivity index (χ0n) is 6.97. The van der Waals surface area contributed by atoms with Gasteiger partial charge in [-0.2, -0.15) is 0 Å². The molecule has 2 rings (SSSR count). The van der Waals surface area contributed by atoms with Gasteiger partial charge in [0.05, 0.1) is 0 Å². The SMILES string of the molecule is C1CNCCN1.O=C1OCCO1. The van der Waals surface area contributed by atoms with E-state index in [9.17, 15) is 4.79 Å². The highest BCUT2D eigenvalue weighted by molar-refractivity contribution is 5.61. The standard InChI is InChI=1S/C4H10N2.C3H4O3/c1-2-6-4-3-5-1;4-3-5-1-2-6-3/h5-6H,1-4H2;1-2H2. The molecule has 0 saturated carbocycles. The van der Waals surface area contributed by atoms with Gasteiger partial charge < -0.3 is 20.1 Å². The molecule has 0 aromatic carbocycles. The van der Waals surface area contributed by atoms with Crippen LogP contribution < -0.4 is 10.6 Å². The number of nitrogens with one attached hydrogen (secondary N) is 2. The van der Waals surface area contributed by atoms with Crippen LogP contribution in [-0.2, 0) is 9.47 Å². The molecule has 2 fully saturated rings. The topological polar surface area (TPSA) is 59.6 Å². The second kappa shape index (κ2) is 5.79. The first-order chi connectivity index (χ1) is 5.89. The van der Waals surface area contributed by atoms with E-state index < -0.39 is 6.16 Å². The summed E-state index contributed by atoms with van der Waals surface area (Å²) in [6, 6.07) is 0. The average Bonchev–Trinajstić information content (AvgIpc) is 2.60. The van der Waals surface area contributed by atoms with Gasteiger partial charge in [0.1, 0.15) is 13.2 Å². The summed E-state index contributed by atoms with van der Waals surface area (Å²) in [6.45, 7) is 5.39. The van der Waals surface area contributed by atoms with Crippen LogP contribution in [0.3, 0.4) is 0 Å². The number of piperazine rings is 1. The third-order valence-electron chi connectivity index (χ3n) is 1.48. The molecule has 0 radical (unpaired) electrons. The van der Waals surface area contributed by atoms with E-state index >= 15 is 0 Å². The number of carbonyl (C=O) groups is 1. The van der Waals surface area contributed by atoms with Crippen molar-refractivity contribution in [3.63, 3.8) is 0 Å². The number of carbonyl (C=O) groups excluding carboxylic acids is 1. The molecule has 70 valence electrons. The largest absolute Gasteiger partial charge is 0.508 e. The molecule has 2 N–H and O–H groups in total. The lowest BCUT2D eigenvalue weighted by molar-refractivity contribution is 0.131. The fourth-order valence-electron chi connectivity index (χ4n) is 0.895. The minimum Gasteiger partial charge on any atom is -0.431 e. The highest BCUT2D eigenvalue weighted by Crippen LogP contribution is 1.92. The van der Waals surface area contributed by atoms with Crippen molar-refractivity contribution in [2.45, 2.75) is 0 Å². The highest BCUT2D eigenvalue weighted by Gasteiger charge is 2.09. The Morgan fingerprint density at radius 3 is 1.50 bits per heavy atom. The molecule has 2 aliphatic heterocycles. The van der Waals surface area contributed by atoms with E-state index in [1.54, 1.807) is 0 Å². The highest BCUT2D eigenvalue weighted by atomic mass is 16.8. The molecule has 0 bridgehead atoms. The monoisotopic (exact) mass is 174 g/mol. The van der Waals surface area contributed by atoms with Crippen molar-refractivity contribution in [3.05, 3.63) is 0 Å². The molecule has 0 aromatic rings. The van der Waals surface area contributed by atoms with Crippen molar-refractivity contribution in [2.75, 3.05) is 39.4 Å². The molecule has 0 aromatic heterocycles. The van der Waals surface area contributed by atoms with Crippen molar-refractivity contribution < 1.29 is 14.3 Å². The minimum absolute atomic E-state index is 0.416. The quantitative estimate of drug-likeness (QED) is 0.477. The van der Waals surface area contributed by atoms with Crippen LogP contribution in [0.25, 0.3) is 0 Å². The van der Waals surface area contributed by atoms with Crippen LogP contribution in [-0.4, -0.2) is 45.5 Å². The lowest BCUT2D eigenvalue weighted by atomic mass is 10.4. The third kappa shape index (κ3) is 4.15. The van der Waals surface area contributed by atoms with Crippen LogP contribution in [0.5, 0.6) is 0 Å². The maximum atomic E-state index is 9.80. The van der Waals surface area contributed by atoms with Crippen LogP contribution in [0.4, 0.5) is 4.79 Å². The van der Waals surface area contributed by atoms with Gasteiger partial charge in [-0.25, -0.2) is 4.79 Å². The van der Waals surface area contributed by atoms with Gasteiger partial charge in [0, 0.05) is 26.2 Å². The summed E-state index contributed by atoms with van der Waals surface area (Å²) < 4.78 is 8.58. The van der Waals surface area contributed by atoms with Gasteiger partial charge in [0.15, 0.2) is 0 Å². The first-order valence-electron chi connectivity index (χ1n) is 4.10. The predicted octanol–water partition coefficient (Wildman–Crippen LogP) is -0.668. The first-order valence-corrected chi connectivity index (χ1v) is 4.10. The summed E-state index contributed by atoms with van der Waals surface area (Å²) in [5.41, 5.74) is 0. The Kier molecular flexibility index (Phi) is 4.48. The van der Waals surface area contributed by atoms with Crippen molar-refractivity contribution >= 4 is 6.16 Å². The fourth-order valence-corrected chi connectivity index (χ4v) is 0.895.